The third-order valence-electron chi connectivity index (χ3n) is 2.89. The summed E-state index contributed by atoms with van der Waals surface area (Å²) in [5.74, 6) is 0. The van der Waals surface area contributed by atoms with Gasteiger partial charge >= 0.3 is 0 Å². The summed E-state index contributed by atoms with van der Waals surface area (Å²) >= 11 is 5.20. The van der Waals surface area contributed by atoms with Gasteiger partial charge in [-0.3, -0.25) is 0 Å². The third-order valence-corrected chi connectivity index (χ3v) is 4.54. The number of rotatable bonds is 5. The number of nitriles is 1. The molecule has 1 N–H and O–H groups in total. The predicted molar refractivity (Wildman–Crippen MR) is 84.4 cm³/mol. The van der Waals surface area contributed by atoms with Gasteiger partial charge in [-0.05, 0) is 52.0 Å². The molecular formula is C15H15BrN2S. The summed E-state index contributed by atoms with van der Waals surface area (Å²) < 4.78 is 0.835. The van der Waals surface area contributed by atoms with Gasteiger partial charge in [0, 0.05) is 15.0 Å². The van der Waals surface area contributed by atoms with Crippen LogP contribution in [0.25, 0.3) is 0 Å². The minimum Gasteiger partial charge on any atom is -0.377 e. The van der Waals surface area contributed by atoms with Crippen molar-refractivity contribution in [1.82, 2.24) is 0 Å². The fraction of sp³-hybridized carbons (Fsp3) is 0.267. The van der Waals surface area contributed by atoms with E-state index >= 15 is 0 Å². The highest BCUT2D eigenvalue weighted by Crippen LogP contribution is 2.29. The molecule has 0 radical (unpaired) electrons. The van der Waals surface area contributed by atoms with Crippen molar-refractivity contribution in [2.45, 2.75) is 25.8 Å². The molecule has 98 valence electrons. The summed E-state index contributed by atoms with van der Waals surface area (Å²) in [5, 5.41) is 14.6. The van der Waals surface area contributed by atoms with E-state index in [2.05, 4.69) is 51.8 Å². The minimum absolute atomic E-state index is 0.338. The molecule has 0 bridgehead atoms. The van der Waals surface area contributed by atoms with Gasteiger partial charge in [0.15, 0.2) is 0 Å². The second kappa shape index (κ2) is 6.74. The number of nitrogens with one attached hydrogen (secondary N) is 1. The summed E-state index contributed by atoms with van der Waals surface area (Å²) in [6, 6.07) is 12.5. The van der Waals surface area contributed by atoms with Gasteiger partial charge < -0.3 is 5.32 Å². The average Bonchev–Trinajstić information content (AvgIpc) is 2.92. The highest BCUT2D eigenvalue weighted by atomic mass is 79.9. The lowest BCUT2D eigenvalue weighted by Crippen LogP contribution is -2.09. The van der Waals surface area contributed by atoms with Gasteiger partial charge in [-0.2, -0.15) is 5.26 Å². The Labute approximate surface area is 126 Å². The van der Waals surface area contributed by atoms with Crippen LogP contribution >= 0.6 is 27.3 Å². The van der Waals surface area contributed by atoms with Crippen LogP contribution in [-0.4, -0.2) is 0 Å². The Morgan fingerprint density at radius 1 is 1.42 bits per heavy atom. The van der Waals surface area contributed by atoms with E-state index in [-0.39, 0.29) is 0 Å². The summed E-state index contributed by atoms with van der Waals surface area (Å²) in [6.07, 6.45) is 2.23. The molecule has 1 unspecified atom stereocenters. The molecule has 2 aromatic rings. The molecule has 2 rings (SSSR count). The lowest BCUT2D eigenvalue weighted by atomic mass is 10.1. The van der Waals surface area contributed by atoms with E-state index in [1.807, 2.05) is 18.2 Å². The molecule has 0 saturated heterocycles. The van der Waals surface area contributed by atoms with Crippen LogP contribution in [0.4, 0.5) is 5.69 Å². The quantitative estimate of drug-likeness (QED) is 0.801. The summed E-state index contributed by atoms with van der Waals surface area (Å²) in [4.78, 5) is 1.35. The highest BCUT2D eigenvalue weighted by Gasteiger charge is 2.12. The minimum atomic E-state index is 0.338. The molecule has 0 saturated carbocycles. The van der Waals surface area contributed by atoms with E-state index in [1.165, 1.54) is 4.88 Å². The fourth-order valence-corrected chi connectivity index (χ4v) is 3.24. The van der Waals surface area contributed by atoms with Crippen molar-refractivity contribution < 1.29 is 0 Å². The van der Waals surface area contributed by atoms with E-state index in [1.54, 1.807) is 11.3 Å². The fourth-order valence-electron chi connectivity index (χ4n) is 1.96. The molecule has 0 aliphatic rings. The van der Waals surface area contributed by atoms with Gasteiger partial charge in [0.05, 0.1) is 11.6 Å². The SMILES string of the molecule is CCCC(Nc1ccc(C#N)c(Br)c1)c1cccs1. The monoisotopic (exact) mass is 334 g/mol. The van der Waals surface area contributed by atoms with Crippen molar-refractivity contribution >= 4 is 33.0 Å². The molecule has 0 fully saturated rings. The molecule has 19 heavy (non-hydrogen) atoms. The molecule has 1 atom stereocenters. The van der Waals surface area contributed by atoms with Crippen LogP contribution in [0.3, 0.4) is 0 Å². The largest absolute Gasteiger partial charge is 0.377 e. The Bertz CT molecular complexity index is 572. The Balaban J connectivity index is 2.18. The molecule has 0 aliphatic carbocycles. The molecule has 1 aromatic carbocycles. The molecule has 0 aliphatic heterocycles. The smallest absolute Gasteiger partial charge is 0.100 e. The molecular weight excluding hydrogens is 320 g/mol. The predicted octanol–water partition coefficient (Wildman–Crippen LogP) is 5.34. The normalized spacial score (nSPS) is 11.8. The van der Waals surface area contributed by atoms with Crippen LogP contribution in [0.15, 0.2) is 40.2 Å². The van der Waals surface area contributed by atoms with Gasteiger partial charge in [-0.1, -0.05) is 19.4 Å². The van der Waals surface area contributed by atoms with Crippen LogP contribution in [0.2, 0.25) is 0 Å². The van der Waals surface area contributed by atoms with E-state index in [9.17, 15) is 0 Å². The van der Waals surface area contributed by atoms with E-state index < -0.39 is 0 Å². The Kier molecular flexibility index (Phi) is 5.00. The summed E-state index contributed by atoms with van der Waals surface area (Å²) in [5.41, 5.74) is 1.70. The Morgan fingerprint density at radius 3 is 2.84 bits per heavy atom. The highest BCUT2D eigenvalue weighted by molar-refractivity contribution is 9.10. The number of nitrogens with zero attached hydrogens (tertiary/aromatic N) is 1. The van der Waals surface area contributed by atoms with Crippen molar-refractivity contribution in [1.29, 1.82) is 5.26 Å². The topological polar surface area (TPSA) is 35.8 Å². The first-order valence-electron chi connectivity index (χ1n) is 6.24. The molecule has 0 amide bonds. The van der Waals surface area contributed by atoms with Crippen LogP contribution in [0.5, 0.6) is 0 Å². The number of halogens is 1. The maximum atomic E-state index is 8.93. The second-order valence-corrected chi connectivity index (χ2v) is 6.14. The van der Waals surface area contributed by atoms with Crippen LogP contribution < -0.4 is 5.32 Å². The van der Waals surface area contributed by atoms with Gasteiger partial charge in [0.25, 0.3) is 0 Å². The van der Waals surface area contributed by atoms with E-state index in [0.29, 0.717) is 11.6 Å². The standard InChI is InChI=1S/C15H15BrN2S/c1-2-4-14(15-5-3-8-19-15)18-12-7-6-11(10-17)13(16)9-12/h3,5-9,14,18H,2,4H2,1H3. The maximum Gasteiger partial charge on any atom is 0.100 e. The number of anilines is 1. The molecule has 0 spiro atoms. The molecule has 1 aromatic heterocycles. The zero-order valence-corrected chi connectivity index (χ0v) is 13.1. The van der Waals surface area contributed by atoms with Gasteiger partial charge in [-0.25, -0.2) is 0 Å². The van der Waals surface area contributed by atoms with Gasteiger partial charge in [0.2, 0.25) is 0 Å². The van der Waals surface area contributed by atoms with Crippen LogP contribution in [-0.2, 0) is 0 Å². The van der Waals surface area contributed by atoms with Crippen molar-refractivity contribution in [3.05, 3.63) is 50.6 Å². The third kappa shape index (κ3) is 3.59. The molecule has 1 heterocycles. The lowest BCUT2D eigenvalue weighted by Gasteiger charge is -2.18. The first kappa shape index (κ1) is 14.1. The Hall–Kier alpha value is -1.31. The van der Waals surface area contributed by atoms with Crippen molar-refractivity contribution in [3.8, 4) is 6.07 Å². The van der Waals surface area contributed by atoms with Crippen molar-refractivity contribution in [2.24, 2.45) is 0 Å². The number of thiophene rings is 1. The summed E-state index contributed by atoms with van der Waals surface area (Å²) in [6.45, 7) is 2.19. The maximum absolute atomic E-state index is 8.93. The first-order chi connectivity index (χ1) is 9.24. The van der Waals surface area contributed by atoms with Crippen molar-refractivity contribution in [2.75, 3.05) is 5.32 Å². The van der Waals surface area contributed by atoms with Gasteiger partial charge in [0.1, 0.15) is 6.07 Å². The zero-order chi connectivity index (χ0) is 13.7. The molecule has 4 heteroatoms. The lowest BCUT2D eigenvalue weighted by molar-refractivity contribution is 0.687. The summed E-state index contributed by atoms with van der Waals surface area (Å²) in [7, 11) is 0. The van der Waals surface area contributed by atoms with Crippen LogP contribution in [0.1, 0.15) is 36.2 Å². The average molecular weight is 335 g/mol. The van der Waals surface area contributed by atoms with Crippen molar-refractivity contribution in [3.63, 3.8) is 0 Å². The first-order valence-corrected chi connectivity index (χ1v) is 7.91. The Morgan fingerprint density at radius 2 is 2.26 bits per heavy atom. The molecule has 2 nitrogen and oxygen atoms in total. The van der Waals surface area contributed by atoms with Gasteiger partial charge in [-0.15, -0.1) is 11.3 Å². The number of benzene rings is 1. The zero-order valence-electron chi connectivity index (χ0n) is 10.7. The second-order valence-electron chi connectivity index (χ2n) is 4.31. The van der Waals surface area contributed by atoms with E-state index in [0.717, 1.165) is 23.0 Å². The number of hydrogen-bond donors (Lipinski definition) is 1. The van der Waals surface area contributed by atoms with Crippen LogP contribution in [0, 0.1) is 11.3 Å². The van der Waals surface area contributed by atoms with E-state index in [4.69, 9.17) is 5.26 Å². The number of hydrogen-bond acceptors (Lipinski definition) is 3.